The van der Waals surface area contributed by atoms with Crippen molar-refractivity contribution in [3.63, 3.8) is 0 Å². The van der Waals surface area contributed by atoms with Crippen LogP contribution in [0.15, 0.2) is 37.9 Å². The third-order valence-corrected chi connectivity index (χ3v) is 5.75. The number of nitrogens with zero attached hydrogens (tertiary/aromatic N) is 1. The third-order valence-electron chi connectivity index (χ3n) is 3.41. The van der Waals surface area contributed by atoms with E-state index in [0.29, 0.717) is 36.2 Å². The van der Waals surface area contributed by atoms with Gasteiger partial charge in [0.1, 0.15) is 0 Å². The Morgan fingerprint density at radius 1 is 1.24 bits per heavy atom. The normalized spacial score (nSPS) is 14.8. The smallest absolute Gasteiger partial charge is 0.260 e. The average Bonchev–Trinajstić information content (AvgIpc) is 2.71. The fraction of sp³-hybridized carbons (Fsp3) is 0.200. The highest BCUT2D eigenvalue weighted by Crippen LogP contribution is 2.35. The summed E-state index contributed by atoms with van der Waals surface area (Å²) in [6.07, 6.45) is 1.16. The zero-order valence-electron chi connectivity index (χ0n) is 10.9. The fourth-order valence-electron chi connectivity index (χ4n) is 2.44. The summed E-state index contributed by atoms with van der Waals surface area (Å²) in [7, 11) is 0. The van der Waals surface area contributed by atoms with Crippen molar-refractivity contribution in [2.75, 3.05) is 11.4 Å². The Morgan fingerprint density at radius 2 is 2.00 bits per heavy atom. The van der Waals surface area contributed by atoms with Crippen molar-refractivity contribution in [3.8, 4) is 0 Å². The number of Topliss-reactive ketones (excluding diaryl/α,β-unsaturated/α-hetero) is 1. The van der Waals surface area contributed by atoms with Gasteiger partial charge >= 0.3 is 0 Å². The van der Waals surface area contributed by atoms with Gasteiger partial charge in [-0.2, -0.15) is 0 Å². The average molecular weight is 429 g/mol. The number of ketones is 1. The third kappa shape index (κ3) is 2.84. The molecular formula is C15H11Br2NO2S. The van der Waals surface area contributed by atoms with E-state index in [1.807, 2.05) is 24.3 Å². The predicted molar refractivity (Wildman–Crippen MR) is 91.4 cm³/mol. The van der Waals surface area contributed by atoms with Crippen LogP contribution in [0.1, 0.15) is 33.6 Å². The molecule has 1 aromatic heterocycles. The number of carbonyl (C=O) groups is 2. The first-order chi connectivity index (χ1) is 10.1. The Morgan fingerprint density at radius 3 is 2.71 bits per heavy atom. The van der Waals surface area contributed by atoms with Crippen molar-refractivity contribution in [1.82, 2.24) is 0 Å². The summed E-state index contributed by atoms with van der Waals surface area (Å²) in [6, 6.07) is 9.14. The molecule has 6 heteroatoms. The van der Waals surface area contributed by atoms with Gasteiger partial charge in [0.2, 0.25) is 0 Å². The molecule has 0 N–H and O–H groups in total. The second-order valence-corrected chi connectivity index (χ2v) is 8.49. The van der Waals surface area contributed by atoms with Crippen LogP contribution in [-0.2, 0) is 0 Å². The molecule has 0 saturated heterocycles. The van der Waals surface area contributed by atoms with Gasteiger partial charge in [-0.1, -0.05) is 12.1 Å². The van der Waals surface area contributed by atoms with Gasteiger partial charge in [-0.15, -0.1) is 11.3 Å². The molecule has 2 heterocycles. The minimum absolute atomic E-state index is 0.0778. The SMILES string of the molecule is O=C1CCCN(C(=O)c2cc(Br)sc2Br)c2ccccc21. The van der Waals surface area contributed by atoms with Gasteiger partial charge in [0.15, 0.2) is 5.78 Å². The molecule has 0 spiro atoms. The van der Waals surface area contributed by atoms with Crippen molar-refractivity contribution >= 4 is 60.6 Å². The second kappa shape index (κ2) is 6.02. The molecule has 3 nitrogen and oxygen atoms in total. The summed E-state index contributed by atoms with van der Waals surface area (Å²) in [6.45, 7) is 0.557. The monoisotopic (exact) mass is 427 g/mol. The van der Waals surface area contributed by atoms with Crippen LogP contribution in [0.5, 0.6) is 0 Å². The van der Waals surface area contributed by atoms with Crippen LogP contribution in [-0.4, -0.2) is 18.2 Å². The summed E-state index contributed by atoms with van der Waals surface area (Å²) in [4.78, 5) is 26.7. The first kappa shape index (κ1) is 14.9. The first-order valence-corrected chi connectivity index (χ1v) is 8.87. The van der Waals surface area contributed by atoms with E-state index in [1.54, 1.807) is 11.0 Å². The predicted octanol–water partition coefficient (Wildman–Crippen LogP) is 4.90. The lowest BCUT2D eigenvalue weighted by atomic mass is 10.1. The summed E-state index contributed by atoms with van der Waals surface area (Å²) in [5.74, 6) is 0.0254. The van der Waals surface area contributed by atoms with Crippen molar-refractivity contribution in [2.45, 2.75) is 12.8 Å². The van der Waals surface area contributed by atoms with E-state index < -0.39 is 0 Å². The highest BCUT2D eigenvalue weighted by atomic mass is 79.9. The molecule has 0 fully saturated rings. The van der Waals surface area contributed by atoms with Crippen LogP contribution >= 0.6 is 43.2 Å². The Hall–Kier alpha value is -0.980. The number of fused-ring (bicyclic) bond motifs is 1. The molecule has 0 radical (unpaired) electrons. The van der Waals surface area contributed by atoms with Crippen molar-refractivity contribution in [2.24, 2.45) is 0 Å². The Bertz CT molecular complexity index is 726. The number of hydrogen-bond acceptors (Lipinski definition) is 3. The maximum Gasteiger partial charge on any atom is 0.260 e. The molecule has 1 aliphatic rings. The largest absolute Gasteiger partial charge is 0.308 e. The van der Waals surface area contributed by atoms with Crippen LogP contribution in [0.3, 0.4) is 0 Å². The number of thiophene rings is 1. The molecular weight excluding hydrogens is 418 g/mol. The topological polar surface area (TPSA) is 37.4 Å². The van der Waals surface area contributed by atoms with Crippen LogP contribution in [0, 0.1) is 0 Å². The standard InChI is InChI=1S/C15H11Br2NO2S/c16-13-8-10(14(17)21-13)15(20)18-7-3-6-12(19)9-4-1-2-5-11(9)18/h1-2,4-5,8H,3,6-7H2. The molecule has 0 bridgehead atoms. The van der Waals surface area contributed by atoms with Gasteiger partial charge in [0.25, 0.3) is 5.91 Å². The molecule has 1 aliphatic heterocycles. The van der Waals surface area contributed by atoms with Crippen LogP contribution in [0.4, 0.5) is 5.69 Å². The van der Waals surface area contributed by atoms with Gasteiger partial charge in [-0.3, -0.25) is 9.59 Å². The summed E-state index contributed by atoms with van der Waals surface area (Å²) < 4.78 is 1.70. The van der Waals surface area contributed by atoms with Crippen LogP contribution in [0.25, 0.3) is 0 Å². The number of halogens is 2. The Kier molecular flexibility index (Phi) is 4.28. The molecule has 21 heavy (non-hydrogen) atoms. The minimum Gasteiger partial charge on any atom is -0.308 e. The molecule has 0 saturated carbocycles. The van der Waals surface area contributed by atoms with Crippen molar-refractivity contribution in [3.05, 3.63) is 49.0 Å². The van der Waals surface area contributed by atoms with Crippen LogP contribution < -0.4 is 4.90 Å². The first-order valence-electron chi connectivity index (χ1n) is 6.47. The molecule has 2 aromatic rings. The maximum atomic E-state index is 12.8. The molecule has 3 rings (SSSR count). The van der Waals surface area contributed by atoms with E-state index in [0.717, 1.165) is 7.57 Å². The van der Waals surface area contributed by atoms with Gasteiger partial charge < -0.3 is 4.90 Å². The van der Waals surface area contributed by atoms with Gasteiger partial charge in [-0.25, -0.2) is 0 Å². The van der Waals surface area contributed by atoms with Gasteiger partial charge in [-0.05, 0) is 56.5 Å². The minimum atomic E-state index is -0.0778. The molecule has 1 amide bonds. The highest BCUT2D eigenvalue weighted by molar-refractivity contribution is 9.12. The number of rotatable bonds is 1. The number of para-hydroxylation sites is 1. The zero-order chi connectivity index (χ0) is 15.0. The zero-order valence-corrected chi connectivity index (χ0v) is 14.9. The molecule has 108 valence electrons. The fourth-order valence-corrected chi connectivity index (χ4v) is 5.22. The lowest BCUT2D eigenvalue weighted by Crippen LogP contribution is -2.31. The molecule has 0 atom stereocenters. The van der Waals surface area contributed by atoms with Crippen molar-refractivity contribution < 1.29 is 9.59 Å². The van der Waals surface area contributed by atoms with E-state index in [1.165, 1.54) is 11.3 Å². The van der Waals surface area contributed by atoms with E-state index in [9.17, 15) is 9.59 Å². The number of anilines is 1. The van der Waals surface area contributed by atoms with Crippen molar-refractivity contribution in [1.29, 1.82) is 0 Å². The quantitative estimate of drug-likeness (QED) is 0.647. The van der Waals surface area contributed by atoms with Crippen LogP contribution in [0.2, 0.25) is 0 Å². The molecule has 1 aromatic carbocycles. The number of amides is 1. The van der Waals surface area contributed by atoms with E-state index in [2.05, 4.69) is 31.9 Å². The summed E-state index contributed by atoms with van der Waals surface area (Å²) in [5, 5.41) is 0. The van der Waals surface area contributed by atoms with E-state index in [-0.39, 0.29) is 11.7 Å². The molecule has 0 aliphatic carbocycles. The van der Waals surface area contributed by atoms with E-state index in [4.69, 9.17) is 0 Å². The van der Waals surface area contributed by atoms with E-state index >= 15 is 0 Å². The maximum absolute atomic E-state index is 12.8. The number of benzene rings is 1. The van der Waals surface area contributed by atoms with Gasteiger partial charge in [0.05, 0.1) is 18.8 Å². The lowest BCUT2D eigenvalue weighted by molar-refractivity contribution is 0.0973. The Labute approximate surface area is 143 Å². The number of hydrogen-bond donors (Lipinski definition) is 0. The summed E-state index contributed by atoms with van der Waals surface area (Å²) >= 11 is 8.29. The van der Waals surface area contributed by atoms with Gasteiger partial charge in [0, 0.05) is 18.5 Å². The summed E-state index contributed by atoms with van der Waals surface area (Å²) in [5.41, 5.74) is 1.96. The second-order valence-electron chi connectivity index (χ2n) is 4.74. The highest BCUT2D eigenvalue weighted by Gasteiger charge is 2.27. The number of carbonyl (C=O) groups excluding carboxylic acids is 2. The lowest BCUT2D eigenvalue weighted by Gasteiger charge is -2.22. The Balaban J connectivity index is 2.06. The molecule has 0 unspecified atom stereocenters.